The van der Waals surface area contributed by atoms with Gasteiger partial charge < -0.3 is 64.7 Å². The van der Waals surface area contributed by atoms with Crippen LogP contribution in [0.15, 0.2) is 66.7 Å². The molecule has 11 atom stereocenters. The van der Waals surface area contributed by atoms with E-state index < -0.39 is 115 Å². The van der Waals surface area contributed by atoms with E-state index in [1.54, 1.807) is 48.5 Å². The van der Waals surface area contributed by atoms with Gasteiger partial charge in [-0.2, -0.15) is 0 Å². The van der Waals surface area contributed by atoms with Crippen molar-refractivity contribution in [3.63, 3.8) is 0 Å². The van der Waals surface area contributed by atoms with E-state index in [1.165, 1.54) is 65.2 Å². The smallest absolute Gasteiger partial charge is 0.252 e. The molecule has 69 heavy (non-hydrogen) atoms. The molecule has 0 aromatic heterocycles. The van der Waals surface area contributed by atoms with Crippen molar-refractivity contribution >= 4 is 41.4 Å². The van der Waals surface area contributed by atoms with E-state index in [9.17, 15) is 54.0 Å². The van der Waals surface area contributed by atoms with E-state index in [4.69, 9.17) is 18.9 Å². The fourth-order valence-electron chi connectivity index (χ4n) is 8.98. The summed E-state index contributed by atoms with van der Waals surface area (Å²) in [7, 11) is 5.66. The number of nitrogens with one attached hydrogen (secondary N) is 2. The zero-order valence-electron chi connectivity index (χ0n) is 39.0. The molecule has 0 spiro atoms. The molecule has 21 heteroatoms. The van der Waals surface area contributed by atoms with Gasteiger partial charge in [-0.3, -0.25) is 38.5 Å². The second-order valence-corrected chi connectivity index (χ2v) is 17.8. The van der Waals surface area contributed by atoms with E-state index in [-0.39, 0.29) is 49.4 Å². The van der Waals surface area contributed by atoms with Gasteiger partial charge in [0.05, 0.1) is 13.7 Å². The summed E-state index contributed by atoms with van der Waals surface area (Å²) in [6, 6.07) is 9.89. The first-order valence-electron chi connectivity index (χ1n) is 22.6. The molecule has 5 aliphatic heterocycles. The first kappa shape index (κ1) is 50.2. The lowest BCUT2D eigenvalue weighted by Crippen LogP contribution is -2.62. The minimum absolute atomic E-state index is 0.0180. The highest BCUT2D eigenvalue weighted by Crippen LogP contribution is 2.37. The molecule has 21 nitrogen and oxygen atoms in total. The van der Waals surface area contributed by atoms with Crippen LogP contribution in [0.3, 0.4) is 0 Å². The molecule has 0 radical (unpaired) electrons. The number of nitrogens with zero attached hydrogens (tertiary/aromatic N) is 4. The van der Waals surface area contributed by atoms with Crippen LogP contribution >= 0.6 is 0 Å². The third-order valence-corrected chi connectivity index (χ3v) is 13.2. The second kappa shape index (κ2) is 20.9. The van der Waals surface area contributed by atoms with Crippen molar-refractivity contribution in [1.29, 1.82) is 0 Å². The van der Waals surface area contributed by atoms with Gasteiger partial charge in [-0.05, 0) is 73.4 Å². The average Bonchev–Trinajstić information content (AvgIpc) is 3.73. The normalized spacial score (nSPS) is 29.7. The number of hydrogen-bond acceptors (Lipinski definition) is 15. The first-order chi connectivity index (χ1) is 32.8. The van der Waals surface area contributed by atoms with Gasteiger partial charge in [-0.25, -0.2) is 0 Å². The summed E-state index contributed by atoms with van der Waals surface area (Å²) in [6.45, 7) is 2.09. The Morgan fingerprint density at radius 1 is 0.681 bits per heavy atom. The number of benzene rings is 3. The third-order valence-electron chi connectivity index (χ3n) is 13.2. The molecule has 3 aromatic carbocycles. The van der Waals surface area contributed by atoms with E-state index in [2.05, 4.69) is 10.6 Å². The molecule has 0 saturated carbocycles. The number of likely N-dealkylation sites (N-methyl/N-ethyl adjacent to an activating group) is 3. The number of methoxy groups -OCH3 is 1. The molecule has 6 N–H and O–H groups in total. The van der Waals surface area contributed by atoms with E-state index >= 15 is 0 Å². The molecule has 7 amide bonds. The number of aliphatic hydroxyl groups is 4. The number of aliphatic hydroxyl groups excluding tert-OH is 4. The fraction of sp³-hybridized carbons (Fsp3) is 0.479. The number of imide groups is 1. The Kier molecular flexibility index (Phi) is 15.2. The highest BCUT2D eigenvalue weighted by atomic mass is 16.7. The van der Waals surface area contributed by atoms with Crippen LogP contribution in [-0.2, 0) is 57.6 Å². The lowest BCUT2D eigenvalue weighted by molar-refractivity contribution is -0.277. The standard InChI is InChI=1S/C48H58N6O15/c1-24-44(62)53(5)34-20-27-9-14-30(15-10-27)67-36-22-28(11-17-35(36)68-48-41(59)40(58)39(57)37(23-55)69-48)21-33(52(4)47(34)65)43(61)50-25(2)45(63)54-31(16-18-38(54)56)46(64)51(3)32(42(60)49-24)19-26-7-12-29(66-6)13-8-26/h7-15,17,22,24-25,31-34,37,39-41,48,55,57-59H,16,18-21,23H2,1-6H3,(H,49,60)(H,50,61)/t24-,25-,31+,32+,33+,34+,37-,39+,40-,41-,48+/m1/s1. The molecular weight excluding hydrogens is 901 g/mol. The maximum atomic E-state index is 15.0. The second-order valence-electron chi connectivity index (χ2n) is 17.8. The summed E-state index contributed by atoms with van der Waals surface area (Å²) in [5.41, 5.74) is 1.57. The van der Waals surface area contributed by atoms with E-state index in [0.717, 1.165) is 14.7 Å². The molecule has 6 bridgehead atoms. The topological polar surface area (TPSA) is 274 Å². The molecule has 3 saturated heterocycles. The zero-order valence-corrected chi connectivity index (χ0v) is 39.0. The molecule has 0 aliphatic carbocycles. The van der Waals surface area contributed by atoms with Crippen LogP contribution in [0, 0.1) is 0 Å². The molecule has 370 valence electrons. The monoisotopic (exact) mass is 958 g/mol. The number of ether oxygens (including phenoxy) is 4. The number of fused-ring (bicyclic) bond motifs is 3. The van der Waals surface area contributed by atoms with Gasteiger partial charge in [0.25, 0.3) is 5.91 Å². The van der Waals surface area contributed by atoms with Crippen molar-refractivity contribution in [3.8, 4) is 23.0 Å². The number of rotatable bonds is 6. The van der Waals surface area contributed by atoms with Gasteiger partial charge in [0.2, 0.25) is 41.7 Å². The quantitative estimate of drug-likeness (QED) is 0.162. The Balaban J connectivity index is 1.28. The van der Waals surface area contributed by atoms with Crippen LogP contribution in [0.1, 0.15) is 43.4 Å². The summed E-state index contributed by atoms with van der Waals surface area (Å²) >= 11 is 0. The molecule has 8 rings (SSSR count). The summed E-state index contributed by atoms with van der Waals surface area (Å²) < 4.78 is 23.1. The summed E-state index contributed by atoms with van der Waals surface area (Å²) in [4.78, 5) is 105. The third kappa shape index (κ3) is 10.5. The van der Waals surface area contributed by atoms with Crippen molar-refractivity contribution in [2.45, 2.75) is 113 Å². The van der Waals surface area contributed by atoms with Gasteiger partial charge in [0.1, 0.15) is 72.2 Å². The maximum absolute atomic E-state index is 15.0. The van der Waals surface area contributed by atoms with Crippen molar-refractivity contribution in [2.75, 3.05) is 34.9 Å². The highest BCUT2D eigenvalue weighted by molar-refractivity contribution is 6.06. The number of carbonyl (C=O) groups is 7. The minimum atomic E-state index is -1.75. The SMILES string of the molecule is COc1ccc(C[C@H]2C(=O)N[C@H](C)C(=O)N(C)[C@H]3Cc4ccc(cc4)Oc4cc(ccc4O[C@H]4O[C@H](CO)[C@H](O)[C@@H](O)[C@H]4O)C[C@@H](C(=O)N[C@H](C)C(=O)N4C(=O)CC[C@H]4C(=O)N2C)N(C)C3=O)cc1. The van der Waals surface area contributed by atoms with Crippen LogP contribution in [0.5, 0.6) is 23.0 Å². The van der Waals surface area contributed by atoms with Crippen LogP contribution in [-0.4, -0.2) is 183 Å². The molecule has 5 heterocycles. The molecular formula is C48H58N6O15. The van der Waals surface area contributed by atoms with Crippen LogP contribution in [0.2, 0.25) is 0 Å². The molecule has 3 fully saturated rings. The van der Waals surface area contributed by atoms with E-state index in [0.29, 0.717) is 22.4 Å². The van der Waals surface area contributed by atoms with Crippen LogP contribution in [0.25, 0.3) is 0 Å². The van der Waals surface area contributed by atoms with Gasteiger partial charge in [-0.15, -0.1) is 0 Å². The Morgan fingerprint density at radius 2 is 1.29 bits per heavy atom. The number of carbonyl (C=O) groups excluding carboxylic acids is 7. The predicted molar refractivity (Wildman–Crippen MR) is 241 cm³/mol. The number of amides is 7. The van der Waals surface area contributed by atoms with Crippen molar-refractivity contribution in [3.05, 3.63) is 83.4 Å². The van der Waals surface area contributed by atoms with Crippen molar-refractivity contribution in [2.24, 2.45) is 0 Å². The molecule has 5 aliphatic rings. The summed E-state index contributed by atoms with van der Waals surface area (Å²) in [5, 5.41) is 46.7. The Morgan fingerprint density at radius 3 is 1.96 bits per heavy atom. The van der Waals surface area contributed by atoms with E-state index in [1.807, 2.05) is 0 Å². The Hall–Kier alpha value is -6.65. The lowest BCUT2D eigenvalue weighted by atomic mass is 9.98. The summed E-state index contributed by atoms with van der Waals surface area (Å²) in [5.74, 6) is -4.31. The van der Waals surface area contributed by atoms with Gasteiger partial charge in [0.15, 0.2) is 11.5 Å². The average molecular weight is 959 g/mol. The van der Waals surface area contributed by atoms with Gasteiger partial charge in [-0.1, -0.05) is 30.3 Å². The Labute approximate surface area is 397 Å². The predicted octanol–water partition coefficient (Wildman–Crippen LogP) is -0.971. The van der Waals surface area contributed by atoms with Gasteiger partial charge >= 0.3 is 0 Å². The highest BCUT2D eigenvalue weighted by Gasteiger charge is 2.47. The molecule has 3 aromatic rings. The van der Waals surface area contributed by atoms with Crippen molar-refractivity contribution in [1.82, 2.24) is 30.2 Å². The first-order valence-corrected chi connectivity index (χ1v) is 22.6. The lowest BCUT2D eigenvalue weighted by Gasteiger charge is -2.39. The van der Waals surface area contributed by atoms with Crippen LogP contribution in [0.4, 0.5) is 0 Å². The zero-order chi connectivity index (χ0) is 50.0. The largest absolute Gasteiger partial charge is 0.497 e. The fourth-order valence-corrected chi connectivity index (χ4v) is 8.98. The van der Waals surface area contributed by atoms with Crippen LogP contribution < -0.4 is 24.8 Å². The van der Waals surface area contributed by atoms with Gasteiger partial charge in [0, 0.05) is 46.8 Å². The Bertz CT molecular complexity index is 2440. The molecule has 0 unspecified atom stereocenters. The minimum Gasteiger partial charge on any atom is -0.497 e. The maximum Gasteiger partial charge on any atom is 0.252 e. The summed E-state index contributed by atoms with van der Waals surface area (Å²) in [6.07, 6.45) is -8.55. The van der Waals surface area contributed by atoms with Crippen molar-refractivity contribution < 1.29 is 72.9 Å². The number of hydrogen-bond donors (Lipinski definition) is 6.